The molecule has 0 amide bonds. The second-order valence-electron chi connectivity index (χ2n) is 3.92. The molecular formula is C9H10ClFN2OS. The number of aromatic nitrogens is 2. The van der Waals surface area contributed by atoms with Crippen LogP contribution in [-0.4, -0.2) is 15.5 Å². The number of hydrogen-bond acceptors (Lipinski definition) is 4. The quantitative estimate of drug-likeness (QED) is 0.596. The molecule has 82 valence electrons. The second-order valence-corrected chi connectivity index (χ2v) is 4.45. The summed E-state index contributed by atoms with van der Waals surface area (Å²) in [6, 6.07) is 0. The SMILES string of the molecule is CC(C)(C)c1nc(Cl)nc(OC=S)c1F. The molecule has 0 N–H and O–H groups in total. The molecule has 1 aromatic heterocycles. The molecule has 0 unspecified atom stereocenters. The monoisotopic (exact) mass is 248 g/mol. The number of halogens is 2. The highest BCUT2D eigenvalue weighted by atomic mass is 35.5. The highest BCUT2D eigenvalue weighted by molar-refractivity contribution is 7.78. The van der Waals surface area contributed by atoms with Gasteiger partial charge in [0.05, 0.1) is 5.69 Å². The second kappa shape index (κ2) is 4.37. The zero-order valence-electron chi connectivity index (χ0n) is 8.54. The summed E-state index contributed by atoms with van der Waals surface area (Å²) in [5, 5.41) is -0.0619. The first-order valence-corrected chi connectivity index (χ1v) is 5.05. The summed E-state index contributed by atoms with van der Waals surface area (Å²) in [5.41, 5.74) is 0.652. The molecular weight excluding hydrogens is 239 g/mol. The Kier molecular flexibility index (Phi) is 3.57. The van der Waals surface area contributed by atoms with Crippen molar-refractivity contribution in [1.82, 2.24) is 9.97 Å². The Morgan fingerprint density at radius 1 is 1.40 bits per heavy atom. The van der Waals surface area contributed by atoms with E-state index >= 15 is 0 Å². The van der Waals surface area contributed by atoms with Gasteiger partial charge in [-0.3, -0.25) is 0 Å². The molecule has 3 nitrogen and oxygen atoms in total. The molecule has 0 atom stereocenters. The van der Waals surface area contributed by atoms with Crippen LogP contribution in [0.2, 0.25) is 5.28 Å². The number of thiocarbonyl (C=S) groups is 1. The molecule has 0 aliphatic rings. The van der Waals surface area contributed by atoms with Crippen molar-refractivity contribution >= 4 is 29.4 Å². The average molecular weight is 249 g/mol. The highest BCUT2D eigenvalue weighted by Gasteiger charge is 2.25. The minimum atomic E-state index is -0.631. The van der Waals surface area contributed by atoms with Crippen molar-refractivity contribution in [3.8, 4) is 5.88 Å². The van der Waals surface area contributed by atoms with E-state index in [1.807, 2.05) is 20.8 Å². The minimum Gasteiger partial charge on any atom is -0.432 e. The van der Waals surface area contributed by atoms with Crippen molar-refractivity contribution in [1.29, 1.82) is 0 Å². The van der Waals surface area contributed by atoms with E-state index in [1.165, 1.54) is 0 Å². The number of hydrogen-bond donors (Lipinski definition) is 0. The lowest BCUT2D eigenvalue weighted by Gasteiger charge is -2.18. The lowest BCUT2D eigenvalue weighted by molar-refractivity contribution is 0.444. The summed E-state index contributed by atoms with van der Waals surface area (Å²) >= 11 is 10.1. The molecule has 0 aromatic carbocycles. The Labute approximate surface area is 97.6 Å². The fraction of sp³-hybridized carbons (Fsp3) is 0.444. The van der Waals surface area contributed by atoms with Crippen molar-refractivity contribution in [3.63, 3.8) is 0 Å². The summed E-state index contributed by atoms with van der Waals surface area (Å²) in [4.78, 5) is 7.43. The molecule has 0 aliphatic carbocycles. The van der Waals surface area contributed by atoms with Crippen LogP contribution in [-0.2, 0) is 5.41 Å². The van der Waals surface area contributed by atoms with E-state index in [4.69, 9.17) is 16.3 Å². The third-order valence-electron chi connectivity index (χ3n) is 1.66. The van der Waals surface area contributed by atoms with Crippen LogP contribution in [0.5, 0.6) is 5.88 Å². The molecule has 0 fully saturated rings. The summed E-state index contributed by atoms with van der Waals surface area (Å²) in [6.07, 6.45) is 0. The molecule has 1 rings (SSSR count). The molecule has 0 spiro atoms. The van der Waals surface area contributed by atoms with Crippen LogP contribution in [0.1, 0.15) is 26.5 Å². The van der Waals surface area contributed by atoms with Gasteiger partial charge in [-0.05, 0) is 23.8 Å². The Morgan fingerprint density at radius 3 is 2.47 bits per heavy atom. The average Bonchev–Trinajstić information content (AvgIpc) is 2.09. The molecule has 1 aromatic rings. The third kappa shape index (κ3) is 2.82. The van der Waals surface area contributed by atoms with Crippen LogP contribution in [0.25, 0.3) is 0 Å². The van der Waals surface area contributed by atoms with E-state index in [0.717, 1.165) is 5.55 Å². The van der Waals surface area contributed by atoms with Crippen molar-refractivity contribution in [2.45, 2.75) is 26.2 Å². The van der Waals surface area contributed by atoms with E-state index in [1.54, 1.807) is 0 Å². The van der Waals surface area contributed by atoms with E-state index in [2.05, 4.69) is 22.2 Å². The molecule has 0 saturated heterocycles. The van der Waals surface area contributed by atoms with Gasteiger partial charge in [0.2, 0.25) is 11.1 Å². The molecule has 1 heterocycles. The Morgan fingerprint density at radius 2 is 2.00 bits per heavy atom. The zero-order valence-corrected chi connectivity index (χ0v) is 10.1. The molecule has 0 aliphatic heterocycles. The lowest BCUT2D eigenvalue weighted by Crippen LogP contribution is -2.17. The molecule has 6 heteroatoms. The molecule has 0 radical (unpaired) electrons. The maximum Gasteiger partial charge on any atom is 0.260 e. The summed E-state index contributed by atoms with van der Waals surface area (Å²) < 4.78 is 18.5. The van der Waals surface area contributed by atoms with Gasteiger partial charge in [-0.15, -0.1) is 0 Å². The largest absolute Gasteiger partial charge is 0.432 e. The zero-order chi connectivity index (χ0) is 11.6. The number of ether oxygens (including phenoxy) is 1. The van der Waals surface area contributed by atoms with Crippen LogP contribution in [0, 0.1) is 5.82 Å². The first-order chi connectivity index (χ1) is 6.86. The fourth-order valence-electron chi connectivity index (χ4n) is 1.02. The van der Waals surface area contributed by atoms with Gasteiger partial charge in [-0.25, -0.2) is 4.98 Å². The maximum absolute atomic E-state index is 13.8. The summed E-state index contributed by atoms with van der Waals surface area (Å²) in [5.74, 6) is -0.872. The Balaban J connectivity index is 3.34. The van der Waals surface area contributed by atoms with Crippen LogP contribution in [0.4, 0.5) is 4.39 Å². The number of rotatable bonds is 2. The third-order valence-corrected chi connectivity index (χ3v) is 1.93. The van der Waals surface area contributed by atoms with Crippen LogP contribution in [0.15, 0.2) is 0 Å². The van der Waals surface area contributed by atoms with Crippen LogP contribution >= 0.6 is 23.8 Å². The Hall–Kier alpha value is -0.810. The normalized spacial score (nSPS) is 11.3. The standard InChI is InChI=1S/C9H10ClFN2OS/c1-9(2,3)6-5(11)7(14-4-15)13-8(10)12-6/h4H,1-3H3. The van der Waals surface area contributed by atoms with Gasteiger partial charge < -0.3 is 4.74 Å². The summed E-state index contributed by atoms with van der Waals surface area (Å²) in [6.45, 7) is 5.45. The molecule has 15 heavy (non-hydrogen) atoms. The van der Waals surface area contributed by atoms with Crippen LogP contribution < -0.4 is 4.74 Å². The first-order valence-electron chi connectivity index (χ1n) is 4.20. The van der Waals surface area contributed by atoms with E-state index < -0.39 is 11.2 Å². The number of nitrogens with zero attached hydrogens (tertiary/aromatic N) is 2. The van der Waals surface area contributed by atoms with E-state index in [0.29, 0.717) is 0 Å². The maximum atomic E-state index is 13.8. The van der Waals surface area contributed by atoms with Crippen molar-refractivity contribution in [2.75, 3.05) is 0 Å². The van der Waals surface area contributed by atoms with Crippen molar-refractivity contribution < 1.29 is 9.13 Å². The predicted octanol–water partition coefficient (Wildman–Crippen LogP) is 2.90. The Bertz CT molecular complexity index is 392. The van der Waals surface area contributed by atoms with Crippen LogP contribution in [0.3, 0.4) is 0 Å². The smallest absolute Gasteiger partial charge is 0.260 e. The molecule has 0 bridgehead atoms. The van der Waals surface area contributed by atoms with Crippen molar-refractivity contribution in [3.05, 3.63) is 16.8 Å². The van der Waals surface area contributed by atoms with Gasteiger partial charge in [0, 0.05) is 5.41 Å². The van der Waals surface area contributed by atoms with Gasteiger partial charge >= 0.3 is 0 Å². The molecule has 0 saturated carbocycles. The van der Waals surface area contributed by atoms with E-state index in [9.17, 15) is 4.39 Å². The van der Waals surface area contributed by atoms with Gasteiger partial charge in [0.1, 0.15) is 0 Å². The summed E-state index contributed by atoms with van der Waals surface area (Å²) in [7, 11) is 0. The fourth-order valence-corrected chi connectivity index (χ4v) is 1.27. The topological polar surface area (TPSA) is 35.0 Å². The van der Waals surface area contributed by atoms with Gasteiger partial charge in [0.15, 0.2) is 5.55 Å². The lowest BCUT2D eigenvalue weighted by atomic mass is 9.91. The van der Waals surface area contributed by atoms with Gasteiger partial charge in [0.25, 0.3) is 5.88 Å². The predicted molar refractivity (Wildman–Crippen MR) is 60.0 cm³/mol. The first kappa shape index (κ1) is 12.3. The van der Waals surface area contributed by atoms with Gasteiger partial charge in [-0.1, -0.05) is 20.8 Å². The van der Waals surface area contributed by atoms with E-state index in [-0.39, 0.29) is 16.9 Å². The highest BCUT2D eigenvalue weighted by Crippen LogP contribution is 2.28. The van der Waals surface area contributed by atoms with Gasteiger partial charge in [-0.2, -0.15) is 9.37 Å². The van der Waals surface area contributed by atoms with Crippen molar-refractivity contribution in [2.24, 2.45) is 0 Å². The minimum absolute atomic E-state index is 0.0619.